The molecule has 2 aliphatic carbocycles. The van der Waals surface area contributed by atoms with Gasteiger partial charge >= 0.3 is 0 Å². The Hall–Kier alpha value is -6.96. The summed E-state index contributed by atoms with van der Waals surface area (Å²) in [6, 6.07) is 78.8. The average Bonchev–Trinajstić information content (AvgIpc) is 3.69. The molecule has 0 radical (unpaired) electrons. The van der Waals surface area contributed by atoms with Crippen molar-refractivity contribution < 1.29 is 0 Å². The van der Waals surface area contributed by atoms with Crippen molar-refractivity contribution in [2.24, 2.45) is 0 Å². The third kappa shape index (κ3) is 5.02. The fourth-order valence-corrected chi connectivity index (χ4v) is 10.0. The minimum absolute atomic E-state index is 0.0580. The lowest BCUT2D eigenvalue weighted by Gasteiger charge is -2.34. The highest BCUT2D eigenvalue weighted by Gasteiger charge is 2.46. The summed E-state index contributed by atoms with van der Waals surface area (Å²) in [4.78, 5) is 2.44. The first-order valence-electron chi connectivity index (χ1n) is 20.0. The van der Waals surface area contributed by atoms with Crippen molar-refractivity contribution in [1.82, 2.24) is 0 Å². The van der Waals surface area contributed by atoms with Crippen LogP contribution in [0.2, 0.25) is 0 Å². The number of fused-ring (bicyclic) bond motifs is 7. The van der Waals surface area contributed by atoms with Gasteiger partial charge in [-0.05, 0) is 126 Å². The lowest BCUT2D eigenvalue weighted by molar-refractivity contribution is 0.660. The second kappa shape index (κ2) is 12.8. The molecule has 0 aliphatic heterocycles. The van der Waals surface area contributed by atoms with Gasteiger partial charge in [0.2, 0.25) is 0 Å². The van der Waals surface area contributed by atoms with Crippen LogP contribution in [0.4, 0.5) is 17.1 Å². The summed E-state index contributed by atoms with van der Waals surface area (Å²) in [5.74, 6) is 0. The Labute approximate surface area is 335 Å². The molecule has 0 N–H and O–H groups in total. The van der Waals surface area contributed by atoms with E-state index in [1.54, 1.807) is 0 Å². The average molecular weight is 728 g/mol. The SMILES string of the molecule is CC1(C)c2ccccc2-c2cc(N(c3ccc(-c4ccccc4)cc3)c3ccc4cc5c(cc4c3)C(c3ccccc3)(c3ccccc3)c3ccccc3-5)ccc21. The maximum Gasteiger partial charge on any atom is 0.0713 e. The van der Waals surface area contributed by atoms with Gasteiger partial charge in [-0.2, -0.15) is 0 Å². The molecule has 11 rings (SSSR count). The summed E-state index contributed by atoms with van der Waals surface area (Å²) in [5.41, 5.74) is 18.5. The molecule has 0 saturated carbocycles. The number of rotatable bonds is 6. The summed E-state index contributed by atoms with van der Waals surface area (Å²) < 4.78 is 0. The maximum absolute atomic E-state index is 2.48. The Morgan fingerprint density at radius 2 is 0.807 bits per heavy atom. The summed E-state index contributed by atoms with van der Waals surface area (Å²) in [6.45, 7) is 4.70. The molecule has 0 saturated heterocycles. The Kier molecular flexibility index (Phi) is 7.50. The van der Waals surface area contributed by atoms with E-state index in [1.807, 2.05) is 0 Å². The fourth-order valence-electron chi connectivity index (χ4n) is 10.0. The van der Waals surface area contributed by atoms with Crippen LogP contribution in [-0.2, 0) is 10.8 Å². The Morgan fingerprint density at radius 3 is 1.49 bits per heavy atom. The van der Waals surface area contributed by atoms with Crippen molar-refractivity contribution in [3.8, 4) is 33.4 Å². The highest BCUT2D eigenvalue weighted by Crippen LogP contribution is 2.57. The third-order valence-electron chi connectivity index (χ3n) is 12.7. The Balaban J connectivity index is 1.13. The van der Waals surface area contributed by atoms with Crippen LogP contribution in [-0.4, -0.2) is 0 Å². The van der Waals surface area contributed by atoms with E-state index in [0.717, 1.165) is 17.1 Å². The smallest absolute Gasteiger partial charge is 0.0713 e. The second-order valence-electron chi connectivity index (χ2n) is 16.1. The molecule has 0 fully saturated rings. The number of nitrogens with zero attached hydrogens (tertiary/aromatic N) is 1. The van der Waals surface area contributed by atoms with Gasteiger partial charge in [-0.15, -0.1) is 0 Å². The molecule has 270 valence electrons. The largest absolute Gasteiger partial charge is 0.310 e. The molecule has 0 amide bonds. The van der Waals surface area contributed by atoms with Crippen molar-refractivity contribution in [2.75, 3.05) is 4.90 Å². The zero-order valence-corrected chi connectivity index (χ0v) is 32.2. The van der Waals surface area contributed by atoms with Gasteiger partial charge in [0.25, 0.3) is 0 Å². The van der Waals surface area contributed by atoms with Crippen molar-refractivity contribution in [1.29, 1.82) is 0 Å². The Bertz CT molecular complexity index is 2920. The molecule has 0 bridgehead atoms. The first-order chi connectivity index (χ1) is 28.0. The molecule has 57 heavy (non-hydrogen) atoms. The van der Waals surface area contributed by atoms with E-state index in [-0.39, 0.29) is 5.41 Å². The van der Waals surface area contributed by atoms with Crippen molar-refractivity contribution in [3.05, 3.63) is 246 Å². The van der Waals surface area contributed by atoms with Crippen LogP contribution in [0, 0.1) is 0 Å². The van der Waals surface area contributed by atoms with Gasteiger partial charge in [0.05, 0.1) is 5.41 Å². The van der Waals surface area contributed by atoms with Crippen LogP contribution >= 0.6 is 0 Å². The van der Waals surface area contributed by atoms with E-state index in [4.69, 9.17) is 0 Å². The molecule has 0 unspecified atom stereocenters. The van der Waals surface area contributed by atoms with E-state index in [1.165, 1.54) is 77.5 Å². The summed E-state index contributed by atoms with van der Waals surface area (Å²) >= 11 is 0. The van der Waals surface area contributed by atoms with Gasteiger partial charge < -0.3 is 4.90 Å². The molecule has 1 heteroatoms. The monoisotopic (exact) mass is 727 g/mol. The van der Waals surface area contributed by atoms with Gasteiger partial charge in [-0.1, -0.05) is 178 Å². The zero-order valence-electron chi connectivity index (χ0n) is 32.2. The molecule has 2 aliphatic rings. The standard InChI is InChI=1S/C56H41N/c1-55(2)51-24-14-12-22-47(51)50-37-46(32-33-52(50)55)57(44-29-26-39(27-30-44)38-16-6-3-7-17-38)45-31-28-40-35-49-48-23-13-15-25-53(48)56(42-18-8-4-9-19-42,43-20-10-5-11-21-43)54(49)36-41(40)34-45/h3-37H,1-2H3. The quantitative estimate of drug-likeness (QED) is 0.165. The number of hydrogen-bond acceptors (Lipinski definition) is 1. The van der Waals surface area contributed by atoms with Crippen molar-refractivity contribution >= 4 is 27.8 Å². The predicted octanol–water partition coefficient (Wildman–Crippen LogP) is 14.6. The summed E-state index contributed by atoms with van der Waals surface area (Å²) in [7, 11) is 0. The van der Waals surface area contributed by atoms with E-state index in [0.29, 0.717) is 0 Å². The maximum atomic E-state index is 2.48. The highest BCUT2D eigenvalue weighted by molar-refractivity contribution is 5.98. The van der Waals surface area contributed by atoms with Gasteiger partial charge in [0.1, 0.15) is 0 Å². The van der Waals surface area contributed by atoms with Crippen LogP contribution in [0.25, 0.3) is 44.2 Å². The molecule has 0 atom stereocenters. The highest BCUT2D eigenvalue weighted by atomic mass is 15.1. The first kappa shape index (κ1) is 33.4. The molecule has 9 aromatic carbocycles. The molecule has 9 aromatic rings. The van der Waals surface area contributed by atoms with Crippen LogP contribution < -0.4 is 4.90 Å². The summed E-state index contributed by atoms with van der Waals surface area (Å²) in [5, 5.41) is 2.45. The molecule has 1 nitrogen and oxygen atoms in total. The van der Waals surface area contributed by atoms with Crippen LogP contribution in [0.5, 0.6) is 0 Å². The molecule has 0 heterocycles. The van der Waals surface area contributed by atoms with Crippen molar-refractivity contribution in [3.63, 3.8) is 0 Å². The molecular formula is C56H41N. The Morgan fingerprint density at radius 1 is 0.316 bits per heavy atom. The minimum atomic E-state index is -0.453. The number of anilines is 3. The van der Waals surface area contributed by atoms with Crippen LogP contribution in [0.1, 0.15) is 47.2 Å². The third-order valence-corrected chi connectivity index (χ3v) is 12.7. The predicted molar refractivity (Wildman–Crippen MR) is 239 cm³/mol. The van der Waals surface area contributed by atoms with E-state index < -0.39 is 5.41 Å². The lowest BCUT2D eigenvalue weighted by Crippen LogP contribution is -2.28. The molecule has 0 aromatic heterocycles. The fraction of sp³-hybridized carbons (Fsp3) is 0.0714. The zero-order chi connectivity index (χ0) is 38.1. The number of hydrogen-bond donors (Lipinski definition) is 0. The van der Waals surface area contributed by atoms with Gasteiger partial charge in [0.15, 0.2) is 0 Å². The van der Waals surface area contributed by atoms with E-state index in [2.05, 4.69) is 231 Å². The molecular weight excluding hydrogens is 687 g/mol. The topological polar surface area (TPSA) is 3.24 Å². The first-order valence-corrected chi connectivity index (χ1v) is 20.0. The van der Waals surface area contributed by atoms with E-state index in [9.17, 15) is 0 Å². The van der Waals surface area contributed by atoms with Gasteiger partial charge in [0, 0.05) is 22.5 Å². The van der Waals surface area contributed by atoms with E-state index >= 15 is 0 Å². The minimum Gasteiger partial charge on any atom is -0.310 e. The van der Waals surface area contributed by atoms with Crippen LogP contribution in [0.3, 0.4) is 0 Å². The summed E-state index contributed by atoms with van der Waals surface area (Å²) in [6.07, 6.45) is 0. The number of benzene rings is 9. The second-order valence-corrected chi connectivity index (χ2v) is 16.1. The van der Waals surface area contributed by atoms with Crippen molar-refractivity contribution in [2.45, 2.75) is 24.7 Å². The van der Waals surface area contributed by atoms with Gasteiger partial charge in [-0.3, -0.25) is 0 Å². The normalized spacial score (nSPS) is 14.1. The lowest BCUT2D eigenvalue weighted by atomic mass is 9.67. The van der Waals surface area contributed by atoms with Gasteiger partial charge in [-0.25, -0.2) is 0 Å². The van der Waals surface area contributed by atoms with Crippen LogP contribution in [0.15, 0.2) is 212 Å². The molecule has 0 spiro atoms.